The summed E-state index contributed by atoms with van der Waals surface area (Å²) in [6.07, 6.45) is 9.47. The van der Waals surface area contributed by atoms with Gasteiger partial charge in [0.1, 0.15) is 5.82 Å². The summed E-state index contributed by atoms with van der Waals surface area (Å²) in [5.41, 5.74) is 3.66. The fourth-order valence-corrected chi connectivity index (χ4v) is 5.01. The molecule has 0 radical (unpaired) electrons. The van der Waals surface area contributed by atoms with Crippen molar-refractivity contribution < 1.29 is 4.39 Å². The predicted octanol–water partition coefficient (Wildman–Crippen LogP) is 3.20. The number of aromatic nitrogens is 2. The molecule has 3 heterocycles. The Morgan fingerprint density at radius 3 is 2.56 bits per heavy atom. The zero-order valence-corrected chi connectivity index (χ0v) is 22.2. The minimum atomic E-state index is -0.0796. The second kappa shape index (κ2) is 10.7. The van der Waals surface area contributed by atoms with Crippen LogP contribution in [-0.2, 0) is 19.9 Å². The molecule has 194 valence electrons. The van der Waals surface area contributed by atoms with Crippen LogP contribution < -0.4 is 10.2 Å². The van der Waals surface area contributed by atoms with Crippen molar-refractivity contribution in [1.29, 1.82) is 0 Å². The lowest BCUT2D eigenvalue weighted by Gasteiger charge is -2.49. The first-order chi connectivity index (χ1) is 17.4. The van der Waals surface area contributed by atoms with Gasteiger partial charge in [-0.1, -0.05) is 19.1 Å². The number of hydrogen-bond acceptors (Lipinski definition) is 5. The fraction of sp³-hybridized carbons (Fsp3) is 0.571. The third kappa shape index (κ3) is 5.65. The summed E-state index contributed by atoms with van der Waals surface area (Å²) < 4.78 is 17.7. The lowest BCUT2D eigenvalue weighted by Crippen LogP contribution is -2.63. The van der Waals surface area contributed by atoms with Crippen molar-refractivity contribution in [2.24, 2.45) is 12.0 Å². The van der Waals surface area contributed by atoms with Gasteiger partial charge in [-0.25, -0.2) is 9.37 Å². The number of anilines is 1. The molecule has 1 aromatic carbocycles. The van der Waals surface area contributed by atoms with E-state index in [1.54, 1.807) is 6.20 Å². The van der Waals surface area contributed by atoms with E-state index in [9.17, 15) is 0 Å². The molecule has 1 aromatic heterocycles. The van der Waals surface area contributed by atoms with Crippen molar-refractivity contribution in [3.63, 3.8) is 0 Å². The molecule has 5 rings (SSSR count). The SMILES string of the molecule is CCc1cc(C/C=C(/C)NC(=NC2CC2)c2nccn2C)c(F)c(N2CC(N3CCN(C)CC3)C2)c1. The molecule has 8 heteroatoms. The number of aliphatic imine (C=N–C) groups is 1. The summed E-state index contributed by atoms with van der Waals surface area (Å²) in [5.74, 6) is 1.53. The largest absolute Gasteiger partial charge is 0.366 e. The standard InChI is InChI=1S/C28H40FN7/c1-5-21-16-22(7-6-20(2)31-27(32-23-8-9-23)28-30-10-11-34(28)4)26(29)25(17-21)36-18-24(19-36)35-14-12-33(3)13-15-35/h6,10-11,16-17,23-24H,5,7-9,12-15,18-19H2,1-4H3,(H,31,32)/b20-6-. The van der Waals surface area contributed by atoms with E-state index in [0.717, 1.165) is 87.1 Å². The Labute approximate surface area is 214 Å². The molecule has 3 fully saturated rings. The van der Waals surface area contributed by atoms with Crippen LogP contribution >= 0.6 is 0 Å². The Morgan fingerprint density at radius 1 is 1.17 bits per heavy atom. The molecular weight excluding hydrogens is 453 g/mol. The van der Waals surface area contributed by atoms with Crippen molar-refractivity contribution >= 4 is 11.5 Å². The molecule has 0 bridgehead atoms. The van der Waals surface area contributed by atoms with Crippen LogP contribution in [0.5, 0.6) is 0 Å². The van der Waals surface area contributed by atoms with E-state index in [1.807, 2.05) is 30.8 Å². The van der Waals surface area contributed by atoms with Gasteiger partial charge in [-0.2, -0.15) is 0 Å². The summed E-state index contributed by atoms with van der Waals surface area (Å²) in [6.45, 7) is 10.4. The average Bonchev–Trinajstić information content (AvgIpc) is 3.56. The molecular formula is C28H40FN7. The lowest BCUT2D eigenvalue weighted by molar-refractivity contribution is 0.0961. The van der Waals surface area contributed by atoms with Crippen LogP contribution in [-0.4, -0.2) is 83.6 Å². The number of nitrogens with one attached hydrogen (secondary N) is 1. The summed E-state index contributed by atoms with van der Waals surface area (Å²) in [5, 5.41) is 3.44. The predicted molar refractivity (Wildman–Crippen MR) is 144 cm³/mol. The third-order valence-corrected chi connectivity index (χ3v) is 7.69. The van der Waals surface area contributed by atoms with Crippen molar-refractivity contribution in [2.75, 3.05) is 51.2 Å². The molecule has 0 amide bonds. The van der Waals surface area contributed by atoms with Crippen molar-refractivity contribution in [2.45, 2.75) is 51.6 Å². The van der Waals surface area contributed by atoms with Gasteiger partial charge >= 0.3 is 0 Å². The maximum atomic E-state index is 15.7. The Kier molecular flexibility index (Phi) is 7.44. The molecule has 3 aliphatic rings. The van der Waals surface area contributed by atoms with E-state index in [-0.39, 0.29) is 5.82 Å². The molecule has 0 unspecified atom stereocenters. The summed E-state index contributed by atoms with van der Waals surface area (Å²) >= 11 is 0. The normalized spacial score (nSPS) is 20.6. The quantitative estimate of drug-likeness (QED) is 0.452. The topological polar surface area (TPSA) is 51.9 Å². The van der Waals surface area contributed by atoms with Gasteiger partial charge in [-0.3, -0.25) is 9.89 Å². The first-order valence-electron chi connectivity index (χ1n) is 13.4. The highest BCUT2D eigenvalue weighted by Gasteiger charge is 2.34. The Hall–Kier alpha value is -2.71. The van der Waals surface area contributed by atoms with Crippen molar-refractivity contribution in [3.05, 3.63) is 59.1 Å². The molecule has 0 spiro atoms. The number of likely N-dealkylation sites (N-methyl/N-ethyl adjacent to an activating group) is 1. The number of benzene rings is 1. The van der Waals surface area contributed by atoms with E-state index in [0.29, 0.717) is 18.5 Å². The first kappa shape index (κ1) is 25.0. The summed E-state index contributed by atoms with van der Waals surface area (Å²) in [7, 11) is 4.16. The van der Waals surface area contributed by atoms with E-state index in [4.69, 9.17) is 4.99 Å². The van der Waals surface area contributed by atoms with Crippen LogP contribution in [0.4, 0.5) is 10.1 Å². The van der Waals surface area contributed by atoms with E-state index < -0.39 is 0 Å². The van der Waals surface area contributed by atoms with Gasteiger partial charge in [0.05, 0.1) is 11.7 Å². The Balaban J connectivity index is 1.27. The molecule has 2 aromatic rings. The average molecular weight is 494 g/mol. The van der Waals surface area contributed by atoms with Gasteiger partial charge in [0.15, 0.2) is 11.7 Å². The number of nitrogens with zero attached hydrogens (tertiary/aromatic N) is 6. The van der Waals surface area contributed by atoms with Crippen molar-refractivity contribution in [1.82, 2.24) is 24.7 Å². The number of piperazine rings is 1. The van der Waals surface area contributed by atoms with Crippen LogP contribution in [0.25, 0.3) is 0 Å². The molecule has 1 saturated carbocycles. The summed E-state index contributed by atoms with van der Waals surface area (Å²) in [6, 6.07) is 4.99. The molecule has 1 aliphatic carbocycles. The maximum absolute atomic E-state index is 15.7. The van der Waals surface area contributed by atoms with Gasteiger partial charge < -0.3 is 19.7 Å². The number of amidine groups is 1. The molecule has 36 heavy (non-hydrogen) atoms. The monoisotopic (exact) mass is 493 g/mol. The number of allylic oxidation sites excluding steroid dienone is 2. The molecule has 1 N–H and O–H groups in total. The first-order valence-corrected chi connectivity index (χ1v) is 13.4. The molecule has 7 nitrogen and oxygen atoms in total. The van der Waals surface area contributed by atoms with E-state index in [1.165, 1.54) is 5.56 Å². The highest BCUT2D eigenvalue weighted by Crippen LogP contribution is 2.31. The smallest absolute Gasteiger partial charge is 0.175 e. The van der Waals surface area contributed by atoms with E-state index >= 15 is 4.39 Å². The van der Waals surface area contributed by atoms with Gasteiger partial charge in [-0.05, 0) is 56.8 Å². The minimum absolute atomic E-state index is 0.0796. The number of aryl methyl sites for hydroxylation is 2. The van der Waals surface area contributed by atoms with Crippen LogP contribution in [0, 0.1) is 5.82 Å². The van der Waals surface area contributed by atoms with Gasteiger partial charge in [0.25, 0.3) is 0 Å². The number of rotatable bonds is 8. The zero-order chi connectivity index (χ0) is 25.2. The highest BCUT2D eigenvalue weighted by molar-refractivity contribution is 5.97. The van der Waals surface area contributed by atoms with Crippen LogP contribution in [0.3, 0.4) is 0 Å². The number of imidazole rings is 1. The zero-order valence-electron chi connectivity index (χ0n) is 22.2. The van der Waals surface area contributed by atoms with Gasteiger partial charge in [-0.15, -0.1) is 0 Å². The third-order valence-electron chi connectivity index (χ3n) is 7.69. The fourth-order valence-electron chi connectivity index (χ4n) is 5.01. The number of halogens is 1. The van der Waals surface area contributed by atoms with Crippen molar-refractivity contribution in [3.8, 4) is 0 Å². The molecule has 2 aliphatic heterocycles. The Bertz CT molecular complexity index is 1120. The van der Waals surface area contributed by atoms with Crippen LogP contribution in [0.15, 0.2) is 41.3 Å². The second-order valence-electron chi connectivity index (χ2n) is 10.6. The maximum Gasteiger partial charge on any atom is 0.175 e. The second-order valence-corrected chi connectivity index (χ2v) is 10.6. The molecule has 0 atom stereocenters. The van der Waals surface area contributed by atoms with Crippen LogP contribution in [0.1, 0.15) is 43.6 Å². The highest BCUT2D eigenvalue weighted by atomic mass is 19.1. The minimum Gasteiger partial charge on any atom is -0.366 e. The number of hydrogen-bond donors (Lipinski definition) is 1. The Morgan fingerprint density at radius 2 is 1.92 bits per heavy atom. The molecule has 2 saturated heterocycles. The summed E-state index contributed by atoms with van der Waals surface area (Å²) in [4.78, 5) is 16.5. The van der Waals surface area contributed by atoms with Gasteiger partial charge in [0.2, 0.25) is 0 Å². The van der Waals surface area contributed by atoms with Crippen LogP contribution in [0.2, 0.25) is 0 Å². The van der Waals surface area contributed by atoms with E-state index in [2.05, 4.69) is 51.1 Å². The van der Waals surface area contributed by atoms with Gasteiger partial charge in [0, 0.05) is 70.4 Å². The lowest BCUT2D eigenvalue weighted by atomic mass is 9.99.